The summed E-state index contributed by atoms with van der Waals surface area (Å²) in [4.78, 5) is 35.7. The van der Waals surface area contributed by atoms with E-state index in [-0.39, 0.29) is 18.5 Å². The van der Waals surface area contributed by atoms with Crippen LogP contribution in [0.3, 0.4) is 0 Å². The van der Waals surface area contributed by atoms with Crippen molar-refractivity contribution in [2.24, 2.45) is 5.92 Å². The van der Waals surface area contributed by atoms with Crippen molar-refractivity contribution in [2.75, 3.05) is 13.7 Å². The summed E-state index contributed by atoms with van der Waals surface area (Å²) in [5.74, 6) is -1.24. The topological polar surface area (TPSA) is 72.9 Å². The van der Waals surface area contributed by atoms with Crippen molar-refractivity contribution in [1.82, 2.24) is 4.90 Å². The molecule has 1 heterocycles. The van der Waals surface area contributed by atoms with Crippen LogP contribution in [0.2, 0.25) is 0 Å². The Morgan fingerprint density at radius 1 is 1.41 bits per heavy atom. The first-order valence-electron chi connectivity index (χ1n) is 5.72. The van der Waals surface area contributed by atoms with Crippen molar-refractivity contribution >= 4 is 18.0 Å². The van der Waals surface area contributed by atoms with Crippen molar-refractivity contribution in [3.05, 3.63) is 0 Å². The van der Waals surface area contributed by atoms with Crippen LogP contribution < -0.4 is 0 Å². The van der Waals surface area contributed by atoms with E-state index in [1.165, 1.54) is 12.0 Å². The summed E-state index contributed by atoms with van der Waals surface area (Å²) in [5.41, 5.74) is 0. The normalized spacial score (nSPS) is 28.4. The van der Waals surface area contributed by atoms with Gasteiger partial charge >= 0.3 is 18.0 Å². The molecule has 17 heavy (non-hydrogen) atoms. The maximum atomic E-state index is 11.6. The molecule has 0 spiro atoms. The van der Waals surface area contributed by atoms with Crippen LogP contribution in [0.5, 0.6) is 0 Å². The zero-order chi connectivity index (χ0) is 12.4. The number of methoxy groups -OCH3 is 1. The fourth-order valence-electron chi connectivity index (χ4n) is 2.50. The lowest BCUT2D eigenvalue weighted by atomic mass is 9.83. The van der Waals surface area contributed by atoms with Gasteiger partial charge in [-0.15, -0.1) is 0 Å². The molecule has 2 rings (SSSR count). The van der Waals surface area contributed by atoms with Crippen LogP contribution in [0.25, 0.3) is 0 Å². The van der Waals surface area contributed by atoms with E-state index in [2.05, 4.69) is 9.47 Å². The van der Waals surface area contributed by atoms with Gasteiger partial charge < -0.3 is 9.47 Å². The van der Waals surface area contributed by atoms with Crippen molar-refractivity contribution in [3.8, 4) is 0 Å². The molecule has 2 unspecified atom stereocenters. The maximum absolute atomic E-state index is 11.6. The third-order valence-electron chi connectivity index (χ3n) is 3.38. The highest BCUT2D eigenvalue weighted by molar-refractivity contribution is 5.91. The van der Waals surface area contributed by atoms with Gasteiger partial charge in [0.2, 0.25) is 0 Å². The first-order chi connectivity index (χ1) is 8.13. The third-order valence-corrected chi connectivity index (χ3v) is 3.38. The molecule has 0 bridgehead atoms. The van der Waals surface area contributed by atoms with E-state index in [1.807, 2.05) is 0 Å². The summed E-state index contributed by atoms with van der Waals surface area (Å²) in [6, 6.07) is -0.211. The van der Waals surface area contributed by atoms with Crippen LogP contribution >= 0.6 is 0 Å². The summed E-state index contributed by atoms with van der Waals surface area (Å²) in [7, 11) is 1.26. The molecule has 6 heteroatoms. The van der Waals surface area contributed by atoms with Gasteiger partial charge in [0.15, 0.2) is 0 Å². The molecule has 0 aromatic heterocycles. The largest absolute Gasteiger partial charge is 0.468 e. The number of ether oxygens (including phenoxy) is 2. The van der Waals surface area contributed by atoms with Gasteiger partial charge in [-0.05, 0) is 12.8 Å². The van der Waals surface area contributed by atoms with Gasteiger partial charge in [0.05, 0.1) is 13.0 Å². The molecule has 2 fully saturated rings. The average molecular weight is 241 g/mol. The van der Waals surface area contributed by atoms with E-state index >= 15 is 0 Å². The zero-order valence-corrected chi connectivity index (χ0v) is 9.68. The quantitative estimate of drug-likeness (QED) is 0.525. The summed E-state index contributed by atoms with van der Waals surface area (Å²) in [6.07, 6.45) is 2.64. The fourth-order valence-corrected chi connectivity index (χ4v) is 2.50. The molecule has 1 amide bonds. The minimum Gasteiger partial charge on any atom is -0.468 e. The molecular weight excluding hydrogens is 226 g/mol. The van der Waals surface area contributed by atoms with Crippen molar-refractivity contribution < 1.29 is 23.9 Å². The third kappa shape index (κ3) is 2.25. The molecule has 1 aliphatic heterocycles. The van der Waals surface area contributed by atoms with E-state index in [9.17, 15) is 14.4 Å². The van der Waals surface area contributed by atoms with E-state index in [0.29, 0.717) is 6.42 Å². The minimum atomic E-state index is -0.733. The van der Waals surface area contributed by atoms with Gasteiger partial charge in [-0.3, -0.25) is 14.5 Å². The molecule has 0 aromatic rings. The second-order valence-corrected chi connectivity index (χ2v) is 4.35. The molecule has 2 atom stereocenters. The van der Waals surface area contributed by atoms with E-state index in [0.717, 1.165) is 19.3 Å². The number of hydrogen-bond acceptors (Lipinski definition) is 5. The fraction of sp³-hybridized carbons (Fsp3) is 0.727. The molecule has 0 radical (unpaired) electrons. The second-order valence-electron chi connectivity index (χ2n) is 4.35. The molecule has 94 valence electrons. The Morgan fingerprint density at radius 3 is 2.82 bits per heavy atom. The highest BCUT2D eigenvalue weighted by atomic mass is 16.6. The maximum Gasteiger partial charge on any atom is 0.418 e. The monoisotopic (exact) mass is 241 g/mol. The van der Waals surface area contributed by atoms with Gasteiger partial charge in [-0.2, -0.15) is 0 Å². The van der Waals surface area contributed by atoms with Gasteiger partial charge in [0.1, 0.15) is 6.54 Å². The summed E-state index contributed by atoms with van der Waals surface area (Å²) in [5, 5.41) is 0. The van der Waals surface area contributed by atoms with Crippen molar-refractivity contribution in [3.63, 3.8) is 0 Å². The standard InChI is InChI=1S/C11H15NO5/c1-16-9(13)6-12-8-5-3-2-4-7(8)10(14)17-11(12)15/h7-8H,2-6H2,1H3. The lowest BCUT2D eigenvalue weighted by Gasteiger charge is -2.40. The molecule has 6 nitrogen and oxygen atoms in total. The summed E-state index contributed by atoms with van der Waals surface area (Å²) in [6.45, 7) is -0.149. The summed E-state index contributed by atoms with van der Waals surface area (Å²) >= 11 is 0. The Balaban J connectivity index is 2.14. The van der Waals surface area contributed by atoms with Gasteiger partial charge in [-0.25, -0.2) is 4.79 Å². The molecule has 1 saturated heterocycles. The molecular formula is C11H15NO5. The average Bonchev–Trinajstić information content (AvgIpc) is 2.34. The first-order valence-corrected chi connectivity index (χ1v) is 5.72. The predicted octanol–water partition coefficient (Wildman–Crippen LogP) is 0.697. The molecule has 2 aliphatic rings. The lowest BCUT2D eigenvalue weighted by molar-refractivity contribution is -0.156. The molecule has 1 saturated carbocycles. The Morgan fingerprint density at radius 2 is 2.12 bits per heavy atom. The van der Waals surface area contributed by atoms with Crippen molar-refractivity contribution in [1.29, 1.82) is 0 Å². The van der Waals surface area contributed by atoms with Crippen LogP contribution in [0, 0.1) is 5.92 Å². The number of amides is 1. The smallest absolute Gasteiger partial charge is 0.418 e. The Bertz CT molecular complexity index is 354. The van der Waals surface area contributed by atoms with Crippen LogP contribution in [0.1, 0.15) is 25.7 Å². The number of fused-ring (bicyclic) bond motifs is 1. The van der Waals surface area contributed by atoms with E-state index in [4.69, 9.17) is 0 Å². The Kier molecular flexibility index (Phi) is 3.31. The van der Waals surface area contributed by atoms with Crippen LogP contribution in [-0.2, 0) is 19.1 Å². The van der Waals surface area contributed by atoms with Crippen LogP contribution in [0.15, 0.2) is 0 Å². The van der Waals surface area contributed by atoms with E-state index < -0.39 is 18.0 Å². The number of carbonyl (C=O) groups is 3. The SMILES string of the molecule is COC(=O)CN1C(=O)OC(=O)C2CCCCC21. The number of esters is 2. The van der Waals surface area contributed by atoms with Gasteiger partial charge in [0, 0.05) is 6.04 Å². The highest BCUT2D eigenvalue weighted by Crippen LogP contribution is 2.33. The minimum absolute atomic E-state index is 0.149. The predicted molar refractivity (Wildman–Crippen MR) is 56.0 cm³/mol. The van der Waals surface area contributed by atoms with E-state index in [1.54, 1.807) is 0 Å². The molecule has 0 aromatic carbocycles. The highest BCUT2D eigenvalue weighted by Gasteiger charge is 2.44. The first kappa shape index (κ1) is 11.9. The number of carbonyl (C=O) groups excluding carboxylic acids is 3. The molecule has 1 aliphatic carbocycles. The number of cyclic esters (lactones) is 2. The van der Waals surface area contributed by atoms with Gasteiger partial charge in [0.25, 0.3) is 0 Å². The Hall–Kier alpha value is -1.59. The zero-order valence-electron chi connectivity index (χ0n) is 9.68. The Labute approximate surface area is 98.8 Å². The molecule has 0 N–H and O–H groups in total. The number of nitrogens with zero attached hydrogens (tertiary/aromatic N) is 1. The second kappa shape index (κ2) is 4.73. The number of rotatable bonds is 2. The van der Waals surface area contributed by atoms with Crippen LogP contribution in [0.4, 0.5) is 4.79 Å². The lowest BCUT2D eigenvalue weighted by Crippen LogP contribution is -2.56. The summed E-state index contributed by atoms with van der Waals surface area (Å²) < 4.78 is 9.19. The van der Waals surface area contributed by atoms with Crippen molar-refractivity contribution in [2.45, 2.75) is 31.7 Å². The van der Waals surface area contributed by atoms with Gasteiger partial charge in [-0.1, -0.05) is 12.8 Å². The van der Waals surface area contributed by atoms with Crippen LogP contribution in [-0.4, -0.2) is 42.6 Å². The number of hydrogen-bond donors (Lipinski definition) is 0.